The first-order valence-corrected chi connectivity index (χ1v) is 7.06. The highest BCUT2D eigenvalue weighted by Crippen LogP contribution is 2.28. The number of rotatable bonds is 6. The van der Waals surface area contributed by atoms with E-state index in [0.717, 1.165) is 38.4 Å². The first-order valence-electron chi connectivity index (χ1n) is 7.06. The molecule has 1 rings (SSSR count). The number of carbonyl (C=O) groups excluding carboxylic acids is 1. The molecule has 0 amide bonds. The van der Waals surface area contributed by atoms with E-state index in [9.17, 15) is 4.79 Å². The molecule has 1 saturated carbocycles. The fraction of sp³-hybridized carbons (Fsp3) is 0.929. The Morgan fingerprint density at radius 1 is 1.18 bits per heavy atom. The van der Waals surface area contributed by atoms with E-state index in [-0.39, 0.29) is 11.9 Å². The fourth-order valence-corrected chi connectivity index (χ4v) is 2.43. The van der Waals surface area contributed by atoms with E-state index >= 15 is 0 Å². The van der Waals surface area contributed by atoms with Crippen LogP contribution < -0.4 is 0 Å². The number of nitrogens with zero attached hydrogens (tertiary/aromatic N) is 1. The van der Waals surface area contributed by atoms with Gasteiger partial charge in [0.15, 0.2) is 0 Å². The van der Waals surface area contributed by atoms with Gasteiger partial charge in [-0.25, -0.2) is 0 Å². The van der Waals surface area contributed by atoms with Gasteiger partial charge < -0.3 is 9.64 Å². The van der Waals surface area contributed by atoms with Gasteiger partial charge in [0.25, 0.3) is 0 Å². The van der Waals surface area contributed by atoms with Crippen molar-refractivity contribution < 1.29 is 9.53 Å². The lowest BCUT2D eigenvalue weighted by molar-refractivity contribution is -0.150. The molecule has 1 aliphatic rings. The monoisotopic (exact) mass is 241 g/mol. The van der Waals surface area contributed by atoms with Gasteiger partial charge in [0, 0.05) is 6.54 Å². The fourth-order valence-electron chi connectivity index (χ4n) is 2.43. The molecule has 0 bridgehead atoms. The highest BCUT2D eigenvalue weighted by Gasteiger charge is 2.25. The minimum atomic E-state index is 0.0315. The van der Waals surface area contributed by atoms with Gasteiger partial charge in [-0.15, -0.1) is 0 Å². The van der Waals surface area contributed by atoms with Crippen molar-refractivity contribution in [3.8, 4) is 0 Å². The van der Waals surface area contributed by atoms with Crippen molar-refractivity contribution >= 4 is 5.97 Å². The Labute approximate surface area is 106 Å². The predicted octanol–water partition coefficient (Wildman–Crippen LogP) is 2.70. The van der Waals surface area contributed by atoms with Gasteiger partial charge >= 0.3 is 5.97 Å². The van der Waals surface area contributed by atoms with Gasteiger partial charge in [-0.2, -0.15) is 0 Å². The van der Waals surface area contributed by atoms with Crippen LogP contribution in [0.5, 0.6) is 0 Å². The zero-order chi connectivity index (χ0) is 12.7. The third-order valence-electron chi connectivity index (χ3n) is 3.90. The number of ether oxygens (including phenoxy) is 1. The lowest BCUT2D eigenvalue weighted by Gasteiger charge is -2.25. The first kappa shape index (κ1) is 14.5. The molecule has 0 aromatic heterocycles. The summed E-state index contributed by atoms with van der Waals surface area (Å²) in [6.07, 6.45) is 4.39. The lowest BCUT2D eigenvalue weighted by atomic mass is 9.83. The molecule has 0 atom stereocenters. The van der Waals surface area contributed by atoms with Crippen LogP contribution in [0, 0.1) is 11.8 Å². The number of carbonyl (C=O) groups is 1. The largest absolute Gasteiger partial charge is 0.464 e. The van der Waals surface area contributed by atoms with Crippen molar-refractivity contribution in [2.75, 3.05) is 26.2 Å². The molecule has 0 N–H and O–H groups in total. The van der Waals surface area contributed by atoms with Crippen molar-refractivity contribution in [1.82, 2.24) is 4.90 Å². The van der Waals surface area contributed by atoms with Crippen LogP contribution in [-0.2, 0) is 9.53 Å². The van der Waals surface area contributed by atoms with Gasteiger partial charge in [-0.1, -0.05) is 20.8 Å². The molecular formula is C14H27NO2. The summed E-state index contributed by atoms with van der Waals surface area (Å²) in [7, 11) is 0. The van der Waals surface area contributed by atoms with Crippen LogP contribution >= 0.6 is 0 Å². The molecule has 1 aliphatic carbocycles. The maximum absolute atomic E-state index is 11.8. The molecule has 100 valence electrons. The topological polar surface area (TPSA) is 29.5 Å². The zero-order valence-electron chi connectivity index (χ0n) is 11.6. The van der Waals surface area contributed by atoms with Gasteiger partial charge in [0.1, 0.15) is 6.61 Å². The number of esters is 1. The third-order valence-corrected chi connectivity index (χ3v) is 3.90. The third kappa shape index (κ3) is 5.07. The van der Waals surface area contributed by atoms with Crippen molar-refractivity contribution in [2.24, 2.45) is 11.8 Å². The van der Waals surface area contributed by atoms with Crippen LogP contribution in [0.2, 0.25) is 0 Å². The molecule has 1 fully saturated rings. The van der Waals surface area contributed by atoms with E-state index in [0.29, 0.717) is 6.61 Å². The molecule has 0 aliphatic heterocycles. The van der Waals surface area contributed by atoms with Crippen molar-refractivity contribution in [2.45, 2.75) is 46.5 Å². The van der Waals surface area contributed by atoms with Crippen LogP contribution in [0.3, 0.4) is 0 Å². The van der Waals surface area contributed by atoms with Crippen LogP contribution in [0.15, 0.2) is 0 Å². The standard InChI is InChI=1S/C14H27NO2/c1-4-15(5-2)10-11-17-14(16)13-8-6-12(3)7-9-13/h12-13H,4-11H2,1-3H3. The van der Waals surface area contributed by atoms with Crippen molar-refractivity contribution in [3.05, 3.63) is 0 Å². The quantitative estimate of drug-likeness (QED) is 0.670. The molecule has 0 heterocycles. The summed E-state index contributed by atoms with van der Waals surface area (Å²) in [6, 6.07) is 0. The van der Waals surface area contributed by atoms with Crippen molar-refractivity contribution in [1.29, 1.82) is 0 Å². The Morgan fingerprint density at radius 3 is 2.29 bits per heavy atom. The molecular weight excluding hydrogens is 214 g/mol. The Balaban J connectivity index is 2.16. The second kappa shape index (κ2) is 7.70. The SMILES string of the molecule is CCN(CC)CCOC(=O)C1CCC(C)CC1. The molecule has 3 nitrogen and oxygen atoms in total. The summed E-state index contributed by atoms with van der Waals surface area (Å²) in [6.45, 7) is 9.99. The second-order valence-corrected chi connectivity index (χ2v) is 5.15. The molecule has 3 heteroatoms. The smallest absolute Gasteiger partial charge is 0.308 e. The van der Waals surface area contributed by atoms with Gasteiger partial charge in [0.05, 0.1) is 5.92 Å². The van der Waals surface area contributed by atoms with E-state index in [4.69, 9.17) is 4.74 Å². The minimum Gasteiger partial charge on any atom is -0.464 e. The molecule has 0 radical (unpaired) electrons. The minimum absolute atomic E-state index is 0.0315. The maximum Gasteiger partial charge on any atom is 0.308 e. The Hall–Kier alpha value is -0.570. The van der Waals surface area contributed by atoms with Gasteiger partial charge in [0.2, 0.25) is 0 Å². The van der Waals surface area contributed by atoms with Crippen LogP contribution in [0.4, 0.5) is 0 Å². The molecule has 0 saturated heterocycles. The lowest BCUT2D eigenvalue weighted by Crippen LogP contribution is -2.30. The summed E-state index contributed by atoms with van der Waals surface area (Å²) < 4.78 is 5.37. The summed E-state index contributed by atoms with van der Waals surface area (Å²) in [5.41, 5.74) is 0. The van der Waals surface area contributed by atoms with Gasteiger partial charge in [-0.05, 0) is 44.7 Å². The van der Waals surface area contributed by atoms with Crippen LogP contribution in [-0.4, -0.2) is 37.1 Å². The molecule has 0 unspecified atom stereocenters. The highest BCUT2D eigenvalue weighted by atomic mass is 16.5. The van der Waals surface area contributed by atoms with Crippen LogP contribution in [0.25, 0.3) is 0 Å². The van der Waals surface area contributed by atoms with E-state index < -0.39 is 0 Å². The first-order chi connectivity index (χ1) is 8.17. The molecule has 17 heavy (non-hydrogen) atoms. The number of likely N-dealkylation sites (N-methyl/N-ethyl adjacent to an activating group) is 1. The average Bonchev–Trinajstić information content (AvgIpc) is 2.35. The Bertz CT molecular complexity index is 218. The molecule has 0 spiro atoms. The van der Waals surface area contributed by atoms with Crippen molar-refractivity contribution in [3.63, 3.8) is 0 Å². The summed E-state index contributed by atoms with van der Waals surface area (Å²) in [5, 5.41) is 0. The summed E-state index contributed by atoms with van der Waals surface area (Å²) >= 11 is 0. The number of hydrogen-bond acceptors (Lipinski definition) is 3. The zero-order valence-corrected chi connectivity index (χ0v) is 11.6. The van der Waals surface area contributed by atoms with E-state index in [1.807, 2.05) is 0 Å². The number of hydrogen-bond donors (Lipinski definition) is 0. The Kier molecular flexibility index (Phi) is 6.56. The van der Waals surface area contributed by atoms with E-state index in [1.165, 1.54) is 12.8 Å². The molecule has 0 aromatic rings. The highest BCUT2D eigenvalue weighted by molar-refractivity contribution is 5.72. The average molecular weight is 241 g/mol. The summed E-state index contributed by atoms with van der Waals surface area (Å²) in [4.78, 5) is 14.1. The van der Waals surface area contributed by atoms with E-state index in [1.54, 1.807) is 0 Å². The predicted molar refractivity (Wildman–Crippen MR) is 69.9 cm³/mol. The second-order valence-electron chi connectivity index (χ2n) is 5.15. The normalized spacial score (nSPS) is 24.9. The Morgan fingerprint density at radius 2 is 1.76 bits per heavy atom. The maximum atomic E-state index is 11.8. The van der Waals surface area contributed by atoms with E-state index in [2.05, 4.69) is 25.7 Å². The van der Waals surface area contributed by atoms with Gasteiger partial charge in [-0.3, -0.25) is 4.79 Å². The molecule has 0 aromatic carbocycles. The van der Waals surface area contributed by atoms with Crippen LogP contribution in [0.1, 0.15) is 46.5 Å². The summed E-state index contributed by atoms with van der Waals surface area (Å²) in [5.74, 6) is 0.988.